The third-order valence-electron chi connectivity index (χ3n) is 4.31. The van der Waals surface area contributed by atoms with Crippen molar-refractivity contribution in [2.45, 2.75) is 33.0 Å². The minimum absolute atomic E-state index is 0.0210. The van der Waals surface area contributed by atoms with Gasteiger partial charge >= 0.3 is 6.18 Å². The highest BCUT2D eigenvalue weighted by molar-refractivity contribution is 5.56. The summed E-state index contributed by atoms with van der Waals surface area (Å²) >= 11 is 0. The molecular formula is C22H31F3N2O. The number of allylic oxidation sites excluding steroid dienone is 4. The fourth-order valence-corrected chi connectivity index (χ4v) is 3.01. The summed E-state index contributed by atoms with van der Waals surface area (Å²) in [5.41, 5.74) is -0.0328. The van der Waals surface area contributed by atoms with Crippen LogP contribution in [-0.4, -0.2) is 30.7 Å². The molecule has 6 heteroatoms. The number of hydrogen-bond acceptors (Lipinski definition) is 3. The molecule has 0 saturated carbocycles. The van der Waals surface area contributed by atoms with E-state index in [-0.39, 0.29) is 24.1 Å². The Morgan fingerprint density at radius 2 is 1.89 bits per heavy atom. The molecule has 2 atom stereocenters. The molecule has 0 aliphatic rings. The van der Waals surface area contributed by atoms with Gasteiger partial charge in [-0.3, -0.25) is 0 Å². The molecule has 0 saturated heterocycles. The van der Waals surface area contributed by atoms with Crippen LogP contribution in [0.1, 0.15) is 31.4 Å². The lowest BCUT2D eigenvalue weighted by Gasteiger charge is -2.18. The van der Waals surface area contributed by atoms with Crippen LogP contribution in [0.5, 0.6) is 0 Å². The molecule has 0 aliphatic carbocycles. The van der Waals surface area contributed by atoms with Crippen molar-refractivity contribution in [2.75, 3.05) is 26.0 Å². The number of nitrogens with one attached hydrogen (secondary N) is 1. The first-order valence-electron chi connectivity index (χ1n) is 9.41. The Morgan fingerprint density at radius 3 is 2.43 bits per heavy atom. The molecule has 3 nitrogen and oxygen atoms in total. The first-order chi connectivity index (χ1) is 13.2. The van der Waals surface area contributed by atoms with Gasteiger partial charge in [0.05, 0.1) is 17.9 Å². The number of anilines is 1. The fourth-order valence-electron chi connectivity index (χ4n) is 3.01. The summed E-state index contributed by atoms with van der Waals surface area (Å²) in [6.45, 7) is 4.35. The number of benzene rings is 1. The van der Waals surface area contributed by atoms with Gasteiger partial charge in [-0.1, -0.05) is 43.4 Å². The lowest BCUT2D eigenvalue weighted by atomic mass is 9.89. The second kappa shape index (κ2) is 11.7. The van der Waals surface area contributed by atoms with Crippen LogP contribution in [0.2, 0.25) is 0 Å². The van der Waals surface area contributed by atoms with E-state index in [9.17, 15) is 13.2 Å². The van der Waals surface area contributed by atoms with Crippen molar-refractivity contribution in [2.24, 2.45) is 11.8 Å². The molecule has 0 radical (unpaired) electrons. The Bertz CT molecular complexity index is 679. The Balaban J connectivity index is 3.06. The Hall–Kier alpha value is -2.05. The van der Waals surface area contributed by atoms with E-state index < -0.39 is 11.7 Å². The van der Waals surface area contributed by atoms with Gasteiger partial charge in [-0.05, 0) is 57.3 Å². The molecule has 0 amide bonds. The van der Waals surface area contributed by atoms with Crippen molar-refractivity contribution in [3.63, 3.8) is 0 Å². The van der Waals surface area contributed by atoms with Crippen LogP contribution >= 0.6 is 0 Å². The summed E-state index contributed by atoms with van der Waals surface area (Å²) in [4.78, 5) is 1.83. The SMILES string of the molecule is C/C=C/C(/C=C\Nc1ccc(CN(C)C)cc1C(F)(F)F)C(/C=C/CO)CC. The number of rotatable bonds is 10. The lowest BCUT2D eigenvalue weighted by Crippen LogP contribution is -2.14. The van der Waals surface area contributed by atoms with E-state index >= 15 is 0 Å². The van der Waals surface area contributed by atoms with Gasteiger partial charge in [0, 0.05) is 12.5 Å². The zero-order valence-electron chi connectivity index (χ0n) is 17.0. The van der Waals surface area contributed by atoms with E-state index in [1.165, 1.54) is 12.1 Å². The molecule has 0 aromatic heterocycles. The molecule has 28 heavy (non-hydrogen) atoms. The summed E-state index contributed by atoms with van der Waals surface area (Å²) in [6, 6.07) is 4.37. The fraction of sp³-hybridized carbons (Fsp3) is 0.455. The molecule has 1 aromatic carbocycles. The van der Waals surface area contributed by atoms with Crippen molar-refractivity contribution in [3.8, 4) is 0 Å². The van der Waals surface area contributed by atoms with E-state index in [1.54, 1.807) is 18.3 Å². The van der Waals surface area contributed by atoms with Crippen molar-refractivity contribution in [3.05, 3.63) is 65.9 Å². The standard InChI is InChI=1S/C22H31F3N2O/c1-5-8-19(18(6-2)9-7-14-28)12-13-26-21-11-10-17(16-27(3)4)15-20(21)22(23,24)25/h5,7-13,15,18-19,26,28H,6,14,16H2,1-4H3/b8-5+,9-7+,13-12-. The summed E-state index contributed by atoms with van der Waals surface area (Å²) in [5, 5.41) is 11.8. The van der Waals surface area contributed by atoms with Gasteiger partial charge in [0.25, 0.3) is 0 Å². The quantitative estimate of drug-likeness (QED) is 0.516. The number of aliphatic hydroxyl groups is 1. The molecule has 0 aliphatic heterocycles. The van der Waals surface area contributed by atoms with Crippen LogP contribution in [0.15, 0.2) is 54.8 Å². The average Bonchev–Trinajstić information content (AvgIpc) is 2.62. The lowest BCUT2D eigenvalue weighted by molar-refractivity contribution is -0.137. The van der Waals surface area contributed by atoms with Gasteiger partial charge < -0.3 is 15.3 Å². The largest absolute Gasteiger partial charge is 0.418 e. The highest BCUT2D eigenvalue weighted by Crippen LogP contribution is 2.36. The van der Waals surface area contributed by atoms with E-state index in [4.69, 9.17) is 5.11 Å². The molecular weight excluding hydrogens is 365 g/mol. The zero-order chi connectivity index (χ0) is 21.2. The summed E-state index contributed by atoms with van der Waals surface area (Å²) in [7, 11) is 3.64. The Kier molecular flexibility index (Phi) is 10.0. The highest BCUT2D eigenvalue weighted by atomic mass is 19.4. The summed E-state index contributed by atoms with van der Waals surface area (Å²) in [5.74, 6) is 0.179. The van der Waals surface area contributed by atoms with Crippen LogP contribution in [0.25, 0.3) is 0 Å². The Labute approximate surface area is 166 Å². The summed E-state index contributed by atoms with van der Waals surface area (Å²) < 4.78 is 40.4. The van der Waals surface area contributed by atoms with Crippen LogP contribution in [0.4, 0.5) is 18.9 Å². The predicted octanol–water partition coefficient (Wildman–Crippen LogP) is 5.46. The average molecular weight is 396 g/mol. The normalized spacial score (nSPS) is 15.2. The van der Waals surface area contributed by atoms with Gasteiger partial charge in [0.15, 0.2) is 0 Å². The Morgan fingerprint density at radius 1 is 1.18 bits per heavy atom. The van der Waals surface area contributed by atoms with Gasteiger partial charge in [-0.2, -0.15) is 13.2 Å². The first-order valence-corrected chi connectivity index (χ1v) is 9.41. The maximum atomic E-state index is 13.5. The van der Waals surface area contributed by atoms with E-state index in [2.05, 4.69) is 5.32 Å². The van der Waals surface area contributed by atoms with Crippen molar-refractivity contribution in [1.29, 1.82) is 0 Å². The van der Waals surface area contributed by atoms with Gasteiger partial charge in [0.1, 0.15) is 0 Å². The highest BCUT2D eigenvalue weighted by Gasteiger charge is 2.33. The second-order valence-electron chi connectivity index (χ2n) is 6.90. The van der Waals surface area contributed by atoms with Crippen LogP contribution in [0, 0.1) is 11.8 Å². The zero-order valence-corrected chi connectivity index (χ0v) is 17.0. The number of aliphatic hydroxyl groups excluding tert-OH is 1. The van der Waals surface area contributed by atoms with Crippen molar-refractivity contribution in [1.82, 2.24) is 4.90 Å². The topological polar surface area (TPSA) is 35.5 Å². The smallest absolute Gasteiger partial charge is 0.392 e. The minimum atomic E-state index is -4.43. The van der Waals surface area contributed by atoms with E-state index in [0.29, 0.717) is 12.1 Å². The maximum absolute atomic E-state index is 13.5. The molecule has 1 rings (SSSR count). The van der Waals surface area contributed by atoms with E-state index in [1.807, 2.05) is 57.1 Å². The molecule has 0 spiro atoms. The first kappa shape index (κ1) is 24.0. The van der Waals surface area contributed by atoms with E-state index in [0.717, 1.165) is 6.42 Å². The number of halogens is 3. The molecule has 156 valence electrons. The van der Waals surface area contributed by atoms with Crippen molar-refractivity contribution >= 4 is 5.69 Å². The summed E-state index contributed by atoms with van der Waals surface area (Å²) in [6.07, 6.45) is 7.38. The predicted molar refractivity (Wildman–Crippen MR) is 110 cm³/mol. The van der Waals surface area contributed by atoms with Crippen molar-refractivity contribution < 1.29 is 18.3 Å². The molecule has 0 fully saturated rings. The molecule has 0 heterocycles. The van der Waals surface area contributed by atoms with Crippen LogP contribution in [0.3, 0.4) is 0 Å². The molecule has 1 aromatic rings. The third kappa shape index (κ3) is 7.90. The van der Waals surface area contributed by atoms with Gasteiger partial charge in [0.2, 0.25) is 0 Å². The second-order valence-corrected chi connectivity index (χ2v) is 6.90. The third-order valence-corrected chi connectivity index (χ3v) is 4.31. The number of alkyl halides is 3. The molecule has 2 unspecified atom stereocenters. The van der Waals surface area contributed by atoms with Crippen LogP contribution in [-0.2, 0) is 12.7 Å². The number of nitrogens with zero attached hydrogens (tertiary/aromatic N) is 1. The van der Waals surface area contributed by atoms with Gasteiger partial charge in [-0.15, -0.1) is 0 Å². The van der Waals surface area contributed by atoms with Gasteiger partial charge in [-0.25, -0.2) is 0 Å². The van der Waals surface area contributed by atoms with Crippen LogP contribution < -0.4 is 5.32 Å². The molecule has 2 N–H and O–H groups in total. The minimum Gasteiger partial charge on any atom is -0.392 e. The number of hydrogen-bond donors (Lipinski definition) is 2. The molecule has 0 bridgehead atoms. The monoisotopic (exact) mass is 396 g/mol. The maximum Gasteiger partial charge on any atom is 0.418 e.